The first kappa shape index (κ1) is 22.4. The Morgan fingerprint density at radius 2 is 1.56 bits per heavy atom. The molecule has 0 aliphatic heterocycles. The van der Waals surface area contributed by atoms with Crippen molar-refractivity contribution in [2.45, 2.75) is 64.7 Å². The van der Waals surface area contributed by atoms with Crippen LogP contribution in [0.3, 0.4) is 0 Å². The van der Waals surface area contributed by atoms with Crippen LogP contribution >= 0.6 is 0 Å². The van der Waals surface area contributed by atoms with Crippen LogP contribution in [0.25, 0.3) is 0 Å². The summed E-state index contributed by atoms with van der Waals surface area (Å²) in [6.07, 6.45) is 9.92. The molecule has 88 valence electrons. The van der Waals surface area contributed by atoms with Gasteiger partial charge in [0.2, 0.25) is 0 Å². The predicted molar refractivity (Wildman–Crippen MR) is 66.3 cm³/mol. The van der Waals surface area contributed by atoms with Crippen LogP contribution in [-0.2, 0) is 29.1 Å². The molecule has 0 rings (SSSR count). The Hall–Kier alpha value is 1.22. The van der Waals surface area contributed by atoms with Gasteiger partial charge in [0, 0.05) is 25.9 Å². The Kier molecular flexibility index (Phi) is 26.0. The van der Waals surface area contributed by atoms with Crippen molar-refractivity contribution in [2.24, 2.45) is 0 Å². The summed E-state index contributed by atoms with van der Waals surface area (Å²) in [5, 5.41) is 0. The summed E-state index contributed by atoms with van der Waals surface area (Å²) in [6, 6.07) is 0. The molecule has 16 heavy (non-hydrogen) atoms. The molecule has 0 saturated heterocycles. The fourth-order valence-electron chi connectivity index (χ4n) is 1.47. The van der Waals surface area contributed by atoms with Gasteiger partial charge < -0.3 is 7.65 Å². The van der Waals surface area contributed by atoms with Gasteiger partial charge in [-0.15, -0.1) is 0 Å². The number of ketones is 1. The van der Waals surface area contributed by atoms with Crippen molar-refractivity contribution in [1.29, 1.82) is 0 Å². The molecule has 0 unspecified atom stereocenters. The van der Waals surface area contributed by atoms with E-state index < -0.39 is 0 Å². The topological polar surface area (TPSA) is 34.1 Å². The average molecular weight is 306 g/mol. The third-order valence-corrected chi connectivity index (χ3v) is 2.37. The monoisotopic (exact) mass is 304 g/mol. The molecule has 0 heterocycles. The number of Topliss-reactive ketones (excluding diaryl/α,β-unsaturated/α-hetero) is 1. The molecule has 0 aliphatic rings. The molecule has 0 saturated carbocycles. The van der Waals surface area contributed by atoms with Gasteiger partial charge in [-0.1, -0.05) is 45.4 Å². The van der Waals surface area contributed by atoms with E-state index in [9.17, 15) is 9.59 Å². The molecule has 0 aromatic rings. The van der Waals surface area contributed by atoms with Crippen LogP contribution in [0.5, 0.6) is 0 Å². The molecule has 0 aliphatic carbocycles. The molecule has 0 aromatic heterocycles. The van der Waals surface area contributed by atoms with Crippen LogP contribution < -0.4 is 0 Å². The smallest absolute Gasteiger partial charge is 1.00 e. The molecular formula is C12H24CaO2Zn. The third kappa shape index (κ3) is 17.6. The maximum Gasteiger partial charge on any atom is 2.00 e. The Bertz CT molecular complexity index is 172. The van der Waals surface area contributed by atoms with E-state index in [0.29, 0.717) is 12.7 Å². The Morgan fingerprint density at radius 3 is 2.06 bits per heavy atom. The number of carbonyl (C=O) groups is 2. The molecule has 0 atom stereocenters. The quantitative estimate of drug-likeness (QED) is 0.269. The summed E-state index contributed by atoms with van der Waals surface area (Å²) in [6.45, 7) is 2.21. The second kappa shape index (κ2) is 18.6. The molecule has 0 amide bonds. The van der Waals surface area contributed by atoms with E-state index in [1.54, 1.807) is 0 Å². The Balaban J connectivity index is -0.000000141. The minimum Gasteiger partial charge on any atom is -1.00 e. The maximum absolute atomic E-state index is 10.9. The number of rotatable bonds is 10. The van der Waals surface area contributed by atoms with Gasteiger partial charge in [0.1, 0.15) is 12.1 Å². The number of carbonyl (C=O) groups excluding carboxylic acids is 2. The van der Waals surface area contributed by atoms with Gasteiger partial charge in [0.15, 0.2) is 0 Å². The second-order valence-corrected chi connectivity index (χ2v) is 3.78. The molecular weight excluding hydrogens is 282 g/mol. The maximum atomic E-state index is 10.9. The van der Waals surface area contributed by atoms with Gasteiger partial charge in [-0.3, -0.25) is 4.79 Å². The zero-order chi connectivity index (χ0) is 10.6. The first-order valence-corrected chi connectivity index (χ1v) is 5.76. The van der Waals surface area contributed by atoms with Crippen molar-refractivity contribution in [3.8, 4) is 0 Å². The zero-order valence-electron chi connectivity index (χ0n) is 12.7. The average Bonchev–Trinajstić information content (AvgIpc) is 2.17. The van der Waals surface area contributed by atoms with Crippen LogP contribution in [0, 0.1) is 0 Å². The van der Waals surface area contributed by atoms with Gasteiger partial charge in [0.05, 0.1) is 6.42 Å². The van der Waals surface area contributed by atoms with Crippen molar-refractivity contribution in [3.63, 3.8) is 0 Å². The van der Waals surface area contributed by atoms with Crippen LogP contribution in [0.2, 0.25) is 0 Å². The number of unbranched alkanes of at least 4 members (excludes halogenated alkanes) is 6. The van der Waals surface area contributed by atoms with E-state index in [2.05, 4.69) is 6.92 Å². The largest absolute Gasteiger partial charge is 2.00 e. The minimum absolute atomic E-state index is 0. The van der Waals surface area contributed by atoms with Gasteiger partial charge in [-0.05, 0) is 6.42 Å². The van der Waals surface area contributed by atoms with Gasteiger partial charge in [-0.2, -0.15) is 0 Å². The van der Waals surface area contributed by atoms with Gasteiger partial charge in [-0.25, -0.2) is 0 Å². The standard InChI is InChI=1S/C12H22O2.Ca.Zn.2H/c1-2-3-4-5-6-7-8-9-12(14)10-11-13;;;;/h11H,2-10H2,1H3;;;;/q;+2;;2*-1. The van der Waals surface area contributed by atoms with E-state index in [4.69, 9.17) is 0 Å². The summed E-state index contributed by atoms with van der Waals surface area (Å²) in [7, 11) is 0. The van der Waals surface area contributed by atoms with E-state index in [-0.39, 0.29) is 72.3 Å². The second-order valence-electron chi connectivity index (χ2n) is 3.78. The summed E-state index contributed by atoms with van der Waals surface area (Å²) < 4.78 is 0. The zero-order valence-corrected chi connectivity index (χ0v) is 15.8. The van der Waals surface area contributed by atoms with Crippen LogP contribution in [-0.4, -0.2) is 49.8 Å². The minimum atomic E-state index is 0. The summed E-state index contributed by atoms with van der Waals surface area (Å²) >= 11 is 0. The molecule has 4 heteroatoms. The first-order chi connectivity index (χ1) is 6.81. The number of hydrogen-bond donors (Lipinski definition) is 0. The molecule has 0 spiro atoms. The Labute approximate surface area is 145 Å². The third-order valence-electron chi connectivity index (χ3n) is 2.37. The molecule has 0 bridgehead atoms. The van der Waals surface area contributed by atoms with E-state index in [0.717, 1.165) is 12.8 Å². The van der Waals surface area contributed by atoms with Crippen molar-refractivity contribution >= 4 is 49.8 Å². The predicted octanol–water partition coefficient (Wildman–Crippen LogP) is 3.13. The van der Waals surface area contributed by atoms with Crippen LogP contribution in [0.15, 0.2) is 0 Å². The molecule has 0 fully saturated rings. The SMILES string of the molecule is CCCCCCCCCC(=O)CC=O.[Ca+2].[H-].[H-].[Zn]. The molecule has 0 N–H and O–H groups in total. The van der Waals surface area contributed by atoms with E-state index in [1.807, 2.05) is 0 Å². The van der Waals surface area contributed by atoms with Crippen molar-refractivity contribution in [3.05, 3.63) is 0 Å². The van der Waals surface area contributed by atoms with Gasteiger partial charge in [0.25, 0.3) is 0 Å². The van der Waals surface area contributed by atoms with Crippen molar-refractivity contribution < 1.29 is 31.9 Å². The molecule has 2 nitrogen and oxygen atoms in total. The summed E-state index contributed by atoms with van der Waals surface area (Å²) in [5.41, 5.74) is 0. The van der Waals surface area contributed by atoms with Crippen molar-refractivity contribution in [2.75, 3.05) is 0 Å². The number of hydrogen-bond acceptors (Lipinski definition) is 2. The normalized spacial score (nSPS) is 8.81. The summed E-state index contributed by atoms with van der Waals surface area (Å²) in [4.78, 5) is 20.9. The first-order valence-electron chi connectivity index (χ1n) is 5.76. The van der Waals surface area contributed by atoms with Crippen LogP contribution in [0.4, 0.5) is 0 Å². The van der Waals surface area contributed by atoms with Crippen molar-refractivity contribution in [1.82, 2.24) is 0 Å². The summed E-state index contributed by atoms with van der Waals surface area (Å²) in [5.74, 6) is 0.0913. The molecule has 0 aromatic carbocycles. The number of aldehydes is 1. The van der Waals surface area contributed by atoms with E-state index >= 15 is 0 Å². The fraction of sp³-hybridized carbons (Fsp3) is 0.833. The van der Waals surface area contributed by atoms with Gasteiger partial charge >= 0.3 is 37.7 Å². The Morgan fingerprint density at radius 1 is 1.06 bits per heavy atom. The van der Waals surface area contributed by atoms with Crippen LogP contribution in [0.1, 0.15) is 67.6 Å². The fourth-order valence-corrected chi connectivity index (χ4v) is 1.47. The molecule has 0 radical (unpaired) electrons. The van der Waals surface area contributed by atoms with E-state index in [1.165, 1.54) is 32.1 Å².